The molecule has 0 heterocycles. The highest BCUT2D eigenvalue weighted by atomic mass is 16.6. The van der Waals surface area contributed by atoms with Crippen LogP contribution in [0, 0.1) is 37.0 Å². The summed E-state index contributed by atoms with van der Waals surface area (Å²) in [7, 11) is 1.62. The highest BCUT2D eigenvalue weighted by molar-refractivity contribution is 5.77. The van der Waals surface area contributed by atoms with Gasteiger partial charge >= 0.3 is 0 Å². The van der Waals surface area contributed by atoms with Gasteiger partial charge in [-0.25, -0.2) is 0 Å². The van der Waals surface area contributed by atoms with Crippen molar-refractivity contribution in [3.05, 3.63) is 0 Å². The smallest absolute Gasteiger partial charge is 0.222 e. The molecule has 0 saturated carbocycles. The van der Waals surface area contributed by atoms with Gasteiger partial charge in [0.25, 0.3) is 0 Å². The average molecular weight is 498 g/mol. The molecule has 0 spiro atoms. The van der Waals surface area contributed by atoms with Crippen molar-refractivity contribution in [3.8, 4) is 37.0 Å². The number of ether oxygens (including phenoxy) is 8. The van der Waals surface area contributed by atoms with Crippen molar-refractivity contribution in [3.63, 3.8) is 0 Å². The van der Waals surface area contributed by atoms with E-state index in [1.807, 2.05) is 0 Å². The molecule has 1 N–H and O–H groups in total. The summed E-state index contributed by atoms with van der Waals surface area (Å²) in [6, 6.07) is 0. The fourth-order valence-electron chi connectivity index (χ4n) is 2.58. The van der Waals surface area contributed by atoms with Crippen LogP contribution in [0.3, 0.4) is 0 Å². The zero-order chi connectivity index (χ0) is 25.9. The van der Waals surface area contributed by atoms with Gasteiger partial charge < -0.3 is 43.2 Å². The van der Waals surface area contributed by atoms with E-state index in [2.05, 4.69) is 23.1 Å². The van der Waals surface area contributed by atoms with Crippen molar-refractivity contribution < 1.29 is 42.7 Å². The lowest BCUT2D eigenvalue weighted by atomic mass is 10.0. The standard InChI is InChI=1S/C25H39NO9/c1-5-9-33-21-25(22-34-10-6-2,23-35-11-7-3)26-24(27)8-12-29-15-16-31-19-20-32-18-17-30-14-13-28-4/h1-3H,8-23H2,4H3,(H,26,27). The monoisotopic (exact) mass is 497 g/mol. The predicted molar refractivity (Wildman–Crippen MR) is 130 cm³/mol. The van der Waals surface area contributed by atoms with Crippen LogP contribution in [0.1, 0.15) is 6.42 Å². The Morgan fingerprint density at radius 1 is 0.629 bits per heavy atom. The predicted octanol–water partition coefficient (Wildman–Crippen LogP) is -0.106. The molecule has 0 aliphatic heterocycles. The Hall–Kier alpha value is -2.17. The maximum atomic E-state index is 12.5. The lowest BCUT2D eigenvalue weighted by molar-refractivity contribution is -0.128. The molecule has 0 bridgehead atoms. The second kappa shape index (κ2) is 24.9. The lowest BCUT2D eigenvalue weighted by Crippen LogP contribution is -2.58. The SMILES string of the molecule is C#CCOCC(COCC#C)(COCC#C)NC(=O)CCOCCOCCOCCOCCOC. The molecule has 0 aliphatic carbocycles. The van der Waals surface area contributed by atoms with Crippen molar-refractivity contribution in [2.75, 3.05) is 106 Å². The molecule has 0 saturated heterocycles. The molecular formula is C25H39NO9. The van der Waals surface area contributed by atoms with Gasteiger partial charge in [-0.2, -0.15) is 0 Å². The largest absolute Gasteiger partial charge is 0.382 e. The number of amides is 1. The zero-order valence-corrected chi connectivity index (χ0v) is 20.7. The minimum Gasteiger partial charge on any atom is -0.382 e. The molecule has 0 aromatic heterocycles. The summed E-state index contributed by atoms with van der Waals surface area (Å²) in [5.74, 6) is 6.87. The van der Waals surface area contributed by atoms with Gasteiger partial charge in [0.05, 0.1) is 79.3 Å². The summed E-state index contributed by atoms with van der Waals surface area (Å²) in [6.45, 7) is 4.36. The van der Waals surface area contributed by atoms with E-state index in [1.165, 1.54) is 0 Å². The molecule has 0 aromatic rings. The van der Waals surface area contributed by atoms with Crippen molar-refractivity contribution >= 4 is 5.91 Å². The van der Waals surface area contributed by atoms with Crippen LogP contribution >= 0.6 is 0 Å². The van der Waals surface area contributed by atoms with E-state index in [1.54, 1.807) is 7.11 Å². The molecule has 0 aliphatic rings. The van der Waals surface area contributed by atoms with Crippen LogP contribution in [-0.2, 0) is 42.7 Å². The summed E-state index contributed by atoms with van der Waals surface area (Å²) in [5, 5.41) is 2.89. The van der Waals surface area contributed by atoms with Crippen LogP contribution in [0.25, 0.3) is 0 Å². The second-order valence-electron chi connectivity index (χ2n) is 7.11. The first kappa shape index (κ1) is 32.8. The zero-order valence-electron chi connectivity index (χ0n) is 20.7. The van der Waals surface area contributed by atoms with E-state index in [4.69, 9.17) is 57.2 Å². The van der Waals surface area contributed by atoms with Gasteiger partial charge in [0, 0.05) is 13.5 Å². The Labute approximate surface area is 209 Å². The molecule has 0 rings (SSSR count). The van der Waals surface area contributed by atoms with Gasteiger partial charge in [0.2, 0.25) is 5.91 Å². The summed E-state index contributed by atoms with van der Waals surface area (Å²) >= 11 is 0. The number of nitrogens with one attached hydrogen (secondary N) is 1. The third kappa shape index (κ3) is 20.9. The van der Waals surface area contributed by atoms with E-state index in [-0.39, 0.29) is 58.6 Å². The second-order valence-corrected chi connectivity index (χ2v) is 7.11. The topological polar surface area (TPSA) is 103 Å². The van der Waals surface area contributed by atoms with Gasteiger partial charge in [0.1, 0.15) is 25.4 Å². The minimum atomic E-state index is -1.00. The first-order valence-corrected chi connectivity index (χ1v) is 11.3. The molecule has 10 heteroatoms. The third-order valence-electron chi connectivity index (χ3n) is 4.12. The van der Waals surface area contributed by atoms with Gasteiger partial charge in [-0.1, -0.05) is 17.8 Å². The molecular weight excluding hydrogens is 458 g/mol. The Morgan fingerprint density at radius 2 is 1.00 bits per heavy atom. The first-order chi connectivity index (χ1) is 17.1. The van der Waals surface area contributed by atoms with Crippen molar-refractivity contribution in [2.45, 2.75) is 12.0 Å². The van der Waals surface area contributed by atoms with E-state index in [9.17, 15) is 4.79 Å². The number of hydrogen-bond acceptors (Lipinski definition) is 9. The van der Waals surface area contributed by atoms with Crippen molar-refractivity contribution in [1.29, 1.82) is 0 Å². The molecule has 35 heavy (non-hydrogen) atoms. The Kier molecular flexibility index (Phi) is 23.4. The maximum absolute atomic E-state index is 12.5. The normalized spacial score (nSPS) is 10.9. The molecule has 1 amide bonds. The molecule has 0 unspecified atom stereocenters. The van der Waals surface area contributed by atoms with Gasteiger partial charge in [-0.15, -0.1) is 19.3 Å². The first-order valence-electron chi connectivity index (χ1n) is 11.3. The summed E-state index contributed by atoms with van der Waals surface area (Å²) in [5.41, 5.74) is -1.00. The number of hydrogen-bond donors (Lipinski definition) is 1. The Balaban J connectivity index is 4.17. The summed E-state index contributed by atoms with van der Waals surface area (Å²) < 4.78 is 42.8. The molecule has 0 radical (unpaired) electrons. The van der Waals surface area contributed by atoms with Crippen LogP contribution in [-0.4, -0.2) is 118 Å². The maximum Gasteiger partial charge on any atom is 0.222 e. The van der Waals surface area contributed by atoms with Crippen LogP contribution in [0.4, 0.5) is 0 Å². The highest BCUT2D eigenvalue weighted by Gasteiger charge is 2.33. The number of carbonyl (C=O) groups excluding carboxylic acids is 1. The average Bonchev–Trinajstić information content (AvgIpc) is 2.84. The minimum absolute atomic E-state index is 0.0636. The fraction of sp³-hybridized carbons (Fsp3) is 0.720. The van der Waals surface area contributed by atoms with Crippen LogP contribution < -0.4 is 5.32 Å². The number of rotatable bonds is 25. The molecule has 10 nitrogen and oxygen atoms in total. The van der Waals surface area contributed by atoms with E-state index < -0.39 is 5.54 Å². The Morgan fingerprint density at radius 3 is 1.37 bits per heavy atom. The van der Waals surface area contributed by atoms with Crippen molar-refractivity contribution in [2.24, 2.45) is 0 Å². The quantitative estimate of drug-likeness (QED) is 0.137. The van der Waals surface area contributed by atoms with Gasteiger partial charge in [-0.3, -0.25) is 4.79 Å². The van der Waals surface area contributed by atoms with Crippen LogP contribution in [0.2, 0.25) is 0 Å². The summed E-state index contributed by atoms with van der Waals surface area (Å²) in [6.07, 6.45) is 15.9. The van der Waals surface area contributed by atoms with Crippen molar-refractivity contribution in [1.82, 2.24) is 5.32 Å². The van der Waals surface area contributed by atoms with E-state index >= 15 is 0 Å². The Bertz CT molecular complexity index is 586. The lowest BCUT2D eigenvalue weighted by Gasteiger charge is -2.33. The van der Waals surface area contributed by atoms with Crippen LogP contribution in [0.5, 0.6) is 0 Å². The van der Waals surface area contributed by atoms with Crippen LogP contribution in [0.15, 0.2) is 0 Å². The van der Waals surface area contributed by atoms with E-state index in [0.717, 1.165) is 0 Å². The molecule has 0 fully saturated rings. The summed E-state index contributed by atoms with van der Waals surface area (Å²) in [4.78, 5) is 12.5. The number of terminal acetylenes is 3. The molecule has 0 aromatic carbocycles. The van der Waals surface area contributed by atoms with E-state index in [0.29, 0.717) is 52.9 Å². The molecule has 198 valence electrons. The number of methoxy groups -OCH3 is 1. The van der Waals surface area contributed by atoms with Gasteiger partial charge in [0.15, 0.2) is 0 Å². The number of carbonyl (C=O) groups is 1. The third-order valence-corrected chi connectivity index (χ3v) is 4.12. The fourth-order valence-corrected chi connectivity index (χ4v) is 2.58. The highest BCUT2D eigenvalue weighted by Crippen LogP contribution is 2.10. The molecule has 0 atom stereocenters. The van der Waals surface area contributed by atoms with Gasteiger partial charge in [-0.05, 0) is 0 Å².